The van der Waals surface area contributed by atoms with E-state index in [-0.39, 0.29) is 5.69 Å². The second-order valence-electron chi connectivity index (χ2n) is 5.57. The molecule has 7 heteroatoms. The quantitative estimate of drug-likeness (QED) is 0.683. The molecule has 0 bridgehead atoms. The average molecular weight is 371 g/mol. The van der Waals surface area contributed by atoms with Gasteiger partial charge in [-0.15, -0.1) is 10.2 Å². The maximum absolute atomic E-state index is 13.1. The van der Waals surface area contributed by atoms with Crippen molar-refractivity contribution in [3.8, 4) is 0 Å². The molecular formula is C19H16ClFN4O. The Kier molecular flexibility index (Phi) is 5.76. The number of nitrogens with one attached hydrogen (secondary N) is 2. The van der Waals surface area contributed by atoms with Crippen molar-refractivity contribution in [1.82, 2.24) is 10.2 Å². The van der Waals surface area contributed by atoms with E-state index in [1.807, 2.05) is 24.3 Å². The predicted molar refractivity (Wildman–Crippen MR) is 100 cm³/mol. The SMILES string of the molecule is O=C(Nc1cccc(F)c1)c1ccc(NCCc2cccc(Cl)c2)nn1. The lowest BCUT2D eigenvalue weighted by Crippen LogP contribution is -2.15. The number of carbonyl (C=O) groups is 1. The van der Waals surface area contributed by atoms with Crippen molar-refractivity contribution in [3.05, 3.63) is 82.8 Å². The van der Waals surface area contributed by atoms with Gasteiger partial charge in [0.15, 0.2) is 5.69 Å². The Morgan fingerprint density at radius 3 is 2.62 bits per heavy atom. The van der Waals surface area contributed by atoms with Gasteiger partial charge in [0.25, 0.3) is 5.91 Å². The third kappa shape index (κ3) is 5.00. The molecule has 1 heterocycles. The molecule has 0 aliphatic heterocycles. The highest BCUT2D eigenvalue weighted by Crippen LogP contribution is 2.12. The van der Waals surface area contributed by atoms with Gasteiger partial charge in [0.2, 0.25) is 0 Å². The lowest BCUT2D eigenvalue weighted by Gasteiger charge is -2.07. The number of rotatable bonds is 6. The van der Waals surface area contributed by atoms with E-state index in [0.717, 1.165) is 12.0 Å². The summed E-state index contributed by atoms with van der Waals surface area (Å²) < 4.78 is 13.1. The standard InChI is InChI=1S/C19H16ClFN4O/c20-14-4-1-3-13(11-14)9-10-22-18-8-7-17(24-25-18)19(26)23-16-6-2-5-15(21)12-16/h1-8,11-12H,9-10H2,(H,22,25)(H,23,26). The first-order valence-corrected chi connectivity index (χ1v) is 8.37. The fourth-order valence-electron chi connectivity index (χ4n) is 2.34. The molecule has 0 fully saturated rings. The van der Waals surface area contributed by atoms with E-state index < -0.39 is 11.7 Å². The second kappa shape index (κ2) is 8.40. The van der Waals surface area contributed by atoms with Crippen LogP contribution in [0.5, 0.6) is 0 Å². The molecule has 1 aromatic heterocycles. The van der Waals surface area contributed by atoms with Gasteiger partial charge in [0.1, 0.15) is 11.6 Å². The predicted octanol–water partition coefficient (Wildman–Crippen LogP) is 4.18. The zero-order valence-corrected chi connectivity index (χ0v) is 14.5. The largest absolute Gasteiger partial charge is 0.368 e. The van der Waals surface area contributed by atoms with Gasteiger partial charge in [0, 0.05) is 17.3 Å². The summed E-state index contributed by atoms with van der Waals surface area (Å²) in [5.41, 5.74) is 1.62. The molecule has 2 aromatic carbocycles. The summed E-state index contributed by atoms with van der Waals surface area (Å²) in [7, 11) is 0. The van der Waals surface area contributed by atoms with Crippen LogP contribution in [0.15, 0.2) is 60.7 Å². The molecule has 0 atom stereocenters. The van der Waals surface area contributed by atoms with Crippen LogP contribution < -0.4 is 10.6 Å². The van der Waals surface area contributed by atoms with E-state index in [0.29, 0.717) is 23.1 Å². The van der Waals surface area contributed by atoms with Crippen LogP contribution in [0.2, 0.25) is 5.02 Å². The molecule has 0 saturated carbocycles. The second-order valence-corrected chi connectivity index (χ2v) is 6.01. The third-order valence-corrected chi connectivity index (χ3v) is 3.82. The number of nitrogens with zero attached hydrogens (tertiary/aromatic N) is 2. The number of benzene rings is 2. The molecule has 26 heavy (non-hydrogen) atoms. The number of hydrogen-bond acceptors (Lipinski definition) is 4. The van der Waals surface area contributed by atoms with Crippen molar-refractivity contribution in [1.29, 1.82) is 0 Å². The number of hydrogen-bond donors (Lipinski definition) is 2. The van der Waals surface area contributed by atoms with Crippen molar-refractivity contribution >= 4 is 29.0 Å². The van der Waals surface area contributed by atoms with Crippen LogP contribution in [-0.4, -0.2) is 22.6 Å². The van der Waals surface area contributed by atoms with Gasteiger partial charge in [0.05, 0.1) is 0 Å². The smallest absolute Gasteiger partial charge is 0.276 e. The van der Waals surface area contributed by atoms with Crippen LogP contribution in [0, 0.1) is 5.82 Å². The van der Waals surface area contributed by atoms with Gasteiger partial charge in [-0.3, -0.25) is 4.79 Å². The summed E-state index contributed by atoms with van der Waals surface area (Å²) in [4.78, 5) is 12.1. The van der Waals surface area contributed by atoms with E-state index in [9.17, 15) is 9.18 Å². The van der Waals surface area contributed by atoms with Crippen LogP contribution in [0.4, 0.5) is 15.9 Å². The van der Waals surface area contributed by atoms with E-state index in [1.54, 1.807) is 18.2 Å². The molecule has 0 aliphatic carbocycles. The fraction of sp³-hybridized carbons (Fsp3) is 0.105. The normalized spacial score (nSPS) is 10.4. The first-order valence-electron chi connectivity index (χ1n) is 7.99. The van der Waals surface area contributed by atoms with Crippen molar-refractivity contribution in [2.24, 2.45) is 0 Å². The van der Waals surface area contributed by atoms with Gasteiger partial charge in [-0.1, -0.05) is 29.8 Å². The zero-order chi connectivity index (χ0) is 18.4. The Hall–Kier alpha value is -2.99. The van der Waals surface area contributed by atoms with Gasteiger partial charge in [-0.2, -0.15) is 0 Å². The lowest BCUT2D eigenvalue weighted by atomic mass is 10.1. The summed E-state index contributed by atoms with van der Waals surface area (Å²) in [5.74, 6) is -0.309. The van der Waals surface area contributed by atoms with E-state index >= 15 is 0 Å². The number of anilines is 2. The van der Waals surface area contributed by atoms with E-state index in [2.05, 4.69) is 20.8 Å². The minimum Gasteiger partial charge on any atom is -0.368 e. The molecule has 0 aliphatic rings. The molecule has 3 rings (SSSR count). The topological polar surface area (TPSA) is 66.9 Å². The fourth-order valence-corrected chi connectivity index (χ4v) is 2.55. The molecule has 132 valence electrons. The van der Waals surface area contributed by atoms with E-state index in [1.165, 1.54) is 18.2 Å². The van der Waals surface area contributed by atoms with Crippen LogP contribution in [0.3, 0.4) is 0 Å². The Morgan fingerprint density at radius 1 is 1.04 bits per heavy atom. The number of aromatic nitrogens is 2. The summed E-state index contributed by atoms with van der Waals surface area (Å²) in [5, 5.41) is 14.3. The minimum atomic E-state index is -0.450. The highest BCUT2D eigenvalue weighted by atomic mass is 35.5. The van der Waals surface area contributed by atoms with Gasteiger partial charge >= 0.3 is 0 Å². The third-order valence-electron chi connectivity index (χ3n) is 3.59. The van der Waals surface area contributed by atoms with Gasteiger partial charge < -0.3 is 10.6 Å². The van der Waals surface area contributed by atoms with Crippen molar-refractivity contribution in [3.63, 3.8) is 0 Å². The summed E-state index contributed by atoms with van der Waals surface area (Å²) >= 11 is 5.95. The Morgan fingerprint density at radius 2 is 1.88 bits per heavy atom. The maximum atomic E-state index is 13.1. The number of amides is 1. The molecule has 0 unspecified atom stereocenters. The molecule has 5 nitrogen and oxygen atoms in total. The van der Waals surface area contributed by atoms with E-state index in [4.69, 9.17) is 11.6 Å². The van der Waals surface area contributed by atoms with Crippen LogP contribution >= 0.6 is 11.6 Å². The first kappa shape index (κ1) is 17.8. The molecule has 3 aromatic rings. The Labute approximate surface area is 155 Å². The minimum absolute atomic E-state index is 0.148. The molecule has 0 saturated heterocycles. The first-order chi connectivity index (χ1) is 12.6. The maximum Gasteiger partial charge on any atom is 0.276 e. The van der Waals surface area contributed by atoms with Gasteiger partial charge in [-0.25, -0.2) is 4.39 Å². The number of carbonyl (C=O) groups excluding carboxylic acids is 1. The van der Waals surface area contributed by atoms with Crippen LogP contribution in [-0.2, 0) is 6.42 Å². The summed E-state index contributed by atoms with van der Waals surface area (Å²) in [6.45, 7) is 0.657. The zero-order valence-electron chi connectivity index (χ0n) is 13.7. The molecule has 2 N–H and O–H groups in total. The monoisotopic (exact) mass is 370 g/mol. The summed E-state index contributed by atoms with van der Waals surface area (Å²) in [6, 6.07) is 16.5. The van der Waals surface area contributed by atoms with Crippen LogP contribution in [0.1, 0.15) is 16.1 Å². The van der Waals surface area contributed by atoms with Crippen molar-refractivity contribution < 1.29 is 9.18 Å². The van der Waals surface area contributed by atoms with Crippen molar-refractivity contribution in [2.75, 3.05) is 17.2 Å². The highest BCUT2D eigenvalue weighted by Gasteiger charge is 2.09. The molecule has 1 amide bonds. The molecule has 0 radical (unpaired) electrons. The lowest BCUT2D eigenvalue weighted by molar-refractivity contribution is 0.102. The highest BCUT2D eigenvalue weighted by molar-refractivity contribution is 6.30. The summed E-state index contributed by atoms with van der Waals surface area (Å²) in [6.07, 6.45) is 0.782. The molecular weight excluding hydrogens is 355 g/mol. The average Bonchev–Trinajstić information content (AvgIpc) is 2.62. The Bertz CT molecular complexity index is 902. The van der Waals surface area contributed by atoms with Crippen molar-refractivity contribution in [2.45, 2.75) is 6.42 Å². The van der Waals surface area contributed by atoms with Gasteiger partial charge in [-0.05, 0) is 54.4 Å². The Balaban J connectivity index is 1.53. The van der Waals surface area contributed by atoms with Crippen LogP contribution in [0.25, 0.3) is 0 Å². The number of halogens is 2. The molecule has 0 spiro atoms.